The lowest BCUT2D eigenvalue weighted by Gasteiger charge is -1.86. The van der Waals surface area contributed by atoms with Crippen LogP contribution in [0, 0.1) is 0 Å². The lowest BCUT2D eigenvalue weighted by molar-refractivity contribution is 1.35. The molecule has 11 heavy (non-hydrogen) atoms. The van der Waals surface area contributed by atoms with Gasteiger partial charge in [0.05, 0.1) is 0 Å². The summed E-state index contributed by atoms with van der Waals surface area (Å²) < 4.78 is 0. The minimum Gasteiger partial charge on any atom is -0.261 e. The average Bonchev–Trinajstić information content (AvgIpc) is 2.04. The van der Waals surface area contributed by atoms with E-state index >= 15 is 0 Å². The van der Waals surface area contributed by atoms with Crippen LogP contribution in [0.25, 0.3) is 0 Å². The summed E-state index contributed by atoms with van der Waals surface area (Å²) in [5.74, 6) is 0. The van der Waals surface area contributed by atoms with Gasteiger partial charge >= 0.3 is 23.7 Å². The zero-order chi connectivity index (χ0) is 9.28. The fraction of sp³-hybridized carbons (Fsp3) is 1.00. The van der Waals surface area contributed by atoms with Crippen LogP contribution in [-0.2, 0) is 0 Å². The van der Waals surface area contributed by atoms with E-state index in [-0.39, 0.29) is 0 Å². The van der Waals surface area contributed by atoms with E-state index in [1.54, 1.807) is 0 Å². The molecule has 0 heterocycles. The van der Waals surface area contributed by atoms with Gasteiger partial charge in [-0.05, 0) is 0 Å². The molecule has 5 heteroatoms. The Hall–Kier alpha value is 2.31. The molecule has 0 nitrogen and oxygen atoms in total. The summed E-state index contributed by atoms with van der Waals surface area (Å²) in [4.78, 5) is 0. The van der Waals surface area contributed by atoms with E-state index < -0.39 is 23.7 Å². The summed E-state index contributed by atoms with van der Waals surface area (Å²) in [5, 5.41) is 3.75. The van der Waals surface area contributed by atoms with Crippen molar-refractivity contribution in [2.24, 2.45) is 0 Å². The Labute approximate surface area is 97.4 Å². The second-order valence-electron chi connectivity index (χ2n) is 2.21. The second kappa shape index (κ2) is 12.3. The molecule has 0 aliphatic rings. The van der Waals surface area contributed by atoms with E-state index in [1.165, 1.54) is 15.8 Å². The normalized spacial score (nSPS) is 8.18. The van der Waals surface area contributed by atoms with Gasteiger partial charge in [0, 0.05) is 0 Å². The van der Waals surface area contributed by atoms with E-state index in [4.69, 9.17) is 10.0 Å². The molecule has 0 aliphatic heterocycles. The highest BCUT2D eigenvalue weighted by Gasteiger charge is 2.05. The van der Waals surface area contributed by atoms with Gasteiger partial charge in [-0.15, -0.1) is 0 Å². The van der Waals surface area contributed by atoms with Crippen LogP contribution in [0.4, 0.5) is 0 Å². The first-order valence-electron chi connectivity index (χ1n) is 4.00. The molecule has 0 atom stereocenters. The minimum absolute atomic E-state index is 0.525. The maximum absolute atomic E-state index is 5.79. The van der Waals surface area contributed by atoms with Gasteiger partial charge in [0.15, 0.2) is 0 Å². The fourth-order valence-electron chi connectivity index (χ4n) is 0.289. The highest BCUT2D eigenvalue weighted by Crippen LogP contribution is 2.05. The SMILES string of the molecule is C[CH2][Al]([Br])[Br].C[CH2][Al]([Cl])[CH2]C. The molecule has 0 aromatic carbocycles. The maximum Gasteiger partial charge on any atom is 0.455 e. The van der Waals surface area contributed by atoms with Crippen molar-refractivity contribution in [3.8, 4) is 0 Å². The summed E-state index contributed by atoms with van der Waals surface area (Å²) in [6.07, 6.45) is 0. The zero-order valence-electron chi connectivity index (χ0n) is 7.41. The van der Waals surface area contributed by atoms with E-state index in [9.17, 15) is 0 Å². The molecular weight excluding hydrogens is 321 g/mol. The Balaban J connectivity index is 0. The van der Waals surface area contributed by atoms with Gasteiger partial charge in [0.2, 0.25) is 0 Å². The first kappa shape index (κ1) is 15.8. The zero-order valence-corrected chi connectivity index (χ0v) is 13.6. The smallest absolute Gasteiger partial charge is 0.261 e. The molecule has 0 aromatic heterocycles. The fourth-order valence-corrected chi connectivity index (χ4v) is 0.866. The van der Waals surface area contributed by atoms with Crippen LogP contribution in [0.2, 0.25) is 15.8 Å². The number of hydrogen-bond donors (Lipinski definition) is 0. The molecule has 0 unspecified atom stereocenters. The number of rotatable bonds is 3. The quantitative estimate of drug-likeness (QED) is 0.664. The summed E-state index contributed by atoms with van der Waals surface area (Å²) in [6.45, 7) is 6.49. The van der Waals surface area contributed by atoms with Gasteiger partial charge in [-0.1, -0.05) is 36.6 Å². The second-order valence-corrected chi connectivity index (χ2v) is 18.8. The largest absolute Gasteiger partial charge is 0.455 e. The molecule has 0 amide bonds. The third kappa shape index (κ3) is 19.0. The topological polar surface area (TPSA) is 0 Å². The predicted molar refractivity (Wildman–Crippen MR) is 66.7 cm³/mol. The molecule has 66 valence electrons. The van der Waals surface area contributed by atoms with Gasteiger partial charge in [-0.2, -0.15) is 28.1 Å². The number of halogens is 3. The molecule has 0 radical (unpaired) electrons. The Morgan fingerprint density at radius 3 is 1.27 bits per heavy atom. The van der Waals surface area contributed by atoms with E-state index in [1.807, 2.05) is 0 Å². The van der Waals surface area contributed by atoms with Crippen molar-refractivity contribution < 1.29 is 0 Å². The molecule has 0 saturated carbocycles. The predicted octanol–water partition coefficient (Wildman–Crippen LogP) is 4.54. The molecular formula is C6H15Al2Br2Cl. The standard InChI is InChI=1S/3C2H5.2Al.2BrH.ClH/c3*1-2;;;;;/h3*1H2,2H3;;;3*1H/q;;;+1;+2;;;/p-3. The van der Waals surface area contributed by atoms with Gasteiger partial charge < -0.3 is 0 Å². The van der Waals surface area contributed by atoms with Crippen molar-refractivity contribution in [1.29, 1.82) is 0 Å². The van der Waals surface area contributed by atoms with Crippen LogP contribution in [0.1, 0.15) is 20.8 Å². The summed E-state index contributed by atoms with van der Waals surface area (Å²) in [6, 6.07) is 0. The van der Waals surface area contributed by atoms with E-state index in [0.29, 0.717) is 0 Å². The number of hydrogen-bond acceptors (Lipinski definition) is 0. The highest BCUT2D eigenvalue weighted by atomic mass is 79.9. The Kier molecular flexibility index (Phi) is 17.7. The third-order valence-corrected chi connectivity index (χ3v) is 9.32. The molecule has 0 N–H and O–H groups in total. The van der Waals surface area contributed by atoms with Crippen LogP contribution < -0.4 is 0 Å². The lowest BCUT2D eigenvalue weighted by Crippen LogP contribution is -1.95. The Bertz CT molecular complexity index is 69.6. The Morgan fingerprint density at radius 1 is 1.00 bits per heavy atom. The van der Waals surface area contributed by atoms with Gasteiger partial charge in [-0.3, -0.25) is 10.0 Å². The van der Waals surface area contributed by atoms with Gasteiger partial charge in [0.1, 0.15) is 0 Å². The molecule has 0 aliphatic carbocycles. The molecule has 0 bridgehead atoms. The first-order valence-corrected chi connectivity index (χ1v) is 14.6. The van der Waals surface area contributed by atoms with Crippen LogP contribution >= 0.6 is 38.2 Å². The third-order valence-electron chi connectivity index (χ3n) is 1.19. The summed E-state index contributed by atoms with van der Waals surface area (Å²) >= 11 is 6.17. The van der Waals surface area contributed by atoms with Crippen LogP contribution in [0.5, 0.6) is 0 Å². The van der Waals surface area contributed by atoms with E-state index in [2.05, 4.69) is 48.9 Å². The summed E-state index contributed by atoms with van der Waals surface area (Å²) in [7, 11) is 5.26. The minimum atomic E-state index is -0.688. The maximum atomic E-state index is 5.79. The van der Waals surface area contributed by atoms with Gasteiger partial charge in [0.25, 0.3) is 0 Å². The molecule has 0 rings (SSSR count). The average molecular weight is 336 g/mol. The first-order chi connectivity index (χ1) is 5.08. The summed E-state index contributed by atoms with van der Waals surface area (Å²) in [5.41, 5.74) is 0. The van der Waals surface area contributed by atoms with Crippen molar-refractivity contribution >= 4 is 61.9 Å². The van der Waals surface area contributed by atoms with Crippen molar-refractivity contribution in [2.45, 2.75) is 36.6 Å². The lowest BCUT2D eigenvalue weighted by atomic mass is 10.9. The van der Waals surface area contributed by atoms with Crippen molar-refractivity contribution in [1.82, 2.24) is 0 Å². The van der Waals surface area contributed by atoms with Crippen molar-refractivity contribution in [3.63, 3.8) is 0 Å². The molecule has 0 aromatic rings. The highest BCUT2D eigenvalue weighted by molar-refractivity contribution is 9.49. The van der Waals surface area contributed by atoms with Crippen LogP contribution in [-0.4, -0.2) is 23.7 Å². The molecule has 0 saturated heterocycles. The Morgan fingerprint density at radius 2 is 1.27 bits per heavy atom. The molecule has 0 spiro atoms. The van der Waals surface area contributed by atoms with Crippen molar-refractivity contribution in [3.05, 3.63) is 0 Å². The van der Waals surface area contributed by atoms with Crippen molar-refractivity contribution in [2.75, 3.05) is 0 Å². The van der Waals surface area contributed by atoms with Crippen LogP contribution in [0.3, 0.4) is 0 Å². The van der Waals surface area contributed by atoms with Gasteiger partial charge in [-0.25, -0.2) is 0 Å². The molecule has 0 fully saturated rings. The van der Waals surface area contributed by atoms with Crippen LogP contribution in [0.15, 0.2) is 0 Å². The van der Waals surface area contributed by atoms with E-state index in [0.717, 1.165) is 0 Å². The monoisotopic (exact) mass is 334 g/mol.